The van der Waals surface area contributed by atoms with E-state index in [0.29, 0.717) is 16.5 Å². The molecule has 3 aliphatic carbocycles. The fourth-order valence-corrected chi connectivity index (χ4v) is 4.39. The highest BCUT2D eigenvalue weighted by Crippen LogP contribution is 2.58. The third-order valence-electron chi connectivity index (χ3n) is 5.21. The van der Waals surface area contributed by atoms with Gasteiger partial charge >= 0.3 is 0 Å². The standard InChI is InChI=1S/C18H24N4OS/c1-11-7-12(2)21-17(20-11)24-10-16(23)22-19-9-13-5-6-14-8-15(13)18(14,3)4/h5,7,9,14-15H,6,8,10H2,1-4H3,(H,22,23)/b19-9-/t14-,15-/m0/s1. The summed E-state index contributed by atoms with van der Waals surface area (Å²) < 4.78 is 0. The van der Waals surface area contributed by atoms with Gasteiger partial charge in [-0.1, -0.05) is 31.7 Å². The minimum Gasteiger partial charge on any atom is -0.272 e. The molecule has 1 aromatic heterocycles. The smallest absolute Gasteiger partial charge is 0.250 e. The molecule has 5 nitrogen and oxygen atoms in total. The van der Waals surface area contributed by atoms with Gasteiger partial charge in [0.15, 0.2) is 5.16 Å². The van der Waals surface area contributed by atoms with Crippen molar-refractivity contribution in [3.05, 3.63) is 29.1 Å². The van der Waals surface area contributed by atoms with Gasteiger partial charge in [0.05, 0.1) is 12.0 Å². The molecule has 3 aliphatic rings. The first-order valence-electron chi connectivity index (χ1n) is 8.33. The minimum absolute atomic E-state index is 0.138. The molecular formula is C18H24N4OS. The molecule has 1 amide bonds. The Hall–Kier alpha value is -1.69. The fourth-order valence-electron chi connectivity index (χ4n) is 3.64. The number of fused-ring (bicyclic) bond motifs is 1. The quantitative estimate of drug-likeness (QED) is 0.385. The molecule has 2 atom stereocenters. The lowest BCUT2D eigenvalue weighted by atomic mass is 9.49. The molecule has 4 rings (SSSR count). The average Bonchev–Trinajstić information content (AvgIpc) is 2.52. The molecule has 1 fully saturated rings. The van der Waals surface area contributed by atoms with E-state index in [9.17, 15) is 4.79 Å². The summed E-state index contributed by atoms with van der Waals surface area (Å²) in [6, 6.07) is 1.92. The minimum atomic E-state index is -0.138. The van der Waals surface area contributed by atoms with Gasteiger partial charge in [0.25, 0.3) is 5.91 Å². The zero-order valence-corrected chi connectivity index (χ0v) is 15.5. The van der Waals surface area contributed by atoms with E-state index in [4.69, 9.17) is 0 Å². The summed E-state index contributed by atoms with van der Waals surface area (Å²) in [5, 5.41) is 4.76. The highest BCUT2D eigenvalue weighted by Gasteiger charge is 2.50. The molecule has 0 aliphatic heterocycles. The first-order chi connectivity index (χ1) is 11.4. The molecular weight excluding hydrogens is 320 g/mol. The summed E-state index contributed by atoms with van der Waals surface area (Å²) >= 11 is 1.33. The molecule has 1 saturated carbocycles. The van der Waals surface area contributed by atoms with Crippen molar-refractivity contribution < 1.29 is 4.79 Å². The normalized spacial score (nSPS) is 24.4. The van der Waals surface area contributed by atoms with Crippen molar-refractivity contribution in [3.63, 3.8) is 0 Å². The first-order valence-corrected chi connectivity index (χ1v) is 9.32. The summed E-state index contributed by atoms with van der Waals surface area (Å²) in [7, 11) is 0. The van der Waals surface area contributed by atoms with Crippen LogP contribution in [-0.2, 0) is 4.79 Å². The van der Waals surface area contributed by atoms with Crippen molar-refractivity contribution in [2.45, 2.75) is 45.7 Å². The number of aryl methyl sites for hydroxylation is 2. The van der Waals surface area contributed by atoms with Crippen LogP contribution in [0.25, 0.3) is 0 Å². The second kappa shape index (κ2) is 6.67. The van der Waals surface area contributed by atoms with Crippen LogP contribution < -0.4 is 5.43 Å². The summed E-state index contributed by atoms with van der Waals surface area (Å²) in [6.07, 6.45) is 6.45. The Morgan fingerprint density at radius 1 is 1.42 bits per heavy atom. The maximum absolute atomic E-state index is 11.9. The van der Waals surface area contributed by atoms with Crippen molar-refractivity contribution in [1.29, 1.82) is 0 Å². The highest BCUT2D eigenvalue weighted by atomic mass is 32.2. The van der Waals surface area contributed by atoms with E-state index in [1.54, 1.807) is 0 Å². The summed E-state index contributed by atoms with van der Waals surface area (Å²) in [5.74, 6) is 1.51. The highest BCUT2D eigenvalue weighted by molar-refractivity contribution is 7.99. The van der Waals surface area contributed by atoms with Gasteiger partial charge < -0.3 is 0 Å². The predicted molar refractivity (Wildman–Crippen MR) is 96.9 cm³/mol. The number of carbonyl (C=O) groups excluding carboxylic acids is 1. The Kier molecular flexibility index (Phi) is 4.76. The lowest BCUT2D eigenvalue weighted by Crippen LogP contribution is -2.48. The van der Waals surface area contributed by atoms with Gasteiger partial charge in [-0.15, -0.1) is 0 Å². The molecule has 1 heterocycles. The molecule has 24 heavy (non-hydrogen) atoms. The van der Waals surface area contributed by atoms with Gasteiger partial charge in [0.1, 0.15) is 0 Å². The van der Waals surface area contributed by atoms with Crippen LogP contribution in [0.4, 0.5) is 0 Å². The molecule has 0 radical (unpaired) electrons. The maximum Gasteiger partial charge on any atom is 0.250 e. The second-order valence-corrected chi connectivity index (χ2v) is 8.20. The topological polar surface area (TPSA) is 67.2 Å². The number of amides is 1. The summed E-state index contributed by atoms with van der Waals surface area (Å²) in [5.41, 5.74) is 6.06. The van der Waals surface area contributed by atoms with Gasteiger partial charge in [-0.3, -0.25) is 4.79 Å². The molecule has 1 N–H and O–H groups in total. The maximum atomic E-state index is 11.9. The number of allylic oxidation sites excluding steroid dienone is 2. The monoisotopic (exact) mass is 344 g/mol. The SMILES string of the molecule is Cc1cc(C)nc(SCC(=O)N/N=C\C2=CC[C@H]3C[C@@H]2C3(C)C)n1. The van der Waals surface area contributed by atoms with Crippen molar-refractivity contribution in [2.24, 2.45) is 22.4 Å². The number of hydrogen-bond acceptors (Lipinski definition) is 5. The Labute approximate surface area is 147 Å². The number of nitrogens with one attached hydrogen (secondary N) is 1. The van der Waals surface area contributed by atoms with Crippen molar-refractivity contribution in [3.8, 4) is 0 Å². The lowest BCUT2D eigenvalue weighted by Gasteiger charge is -2.55. The lowest BCUT2D eigenvalue weighted by molar-refractivity contribution is -0.118. The van der Waals surface area contributed by atoms with Gasteiger partial charge in [-0.2, -0.15) is 5.10 Å². The van der Waals surface area contributed by atoms with E-state index in [1.165, 1.54) is 23.8 Å². The third-order valence-corrected chi connectivity index (χ3v) is 6.06. The summed E-state index contributed by atoms with van der Waals surface area (Å²) in [6.45, 7) is 8.50. The predicted octanol–water partition coefficient (Wildman–Crippen LogP) is 3.28. The molecule has 6 heteroatoms. The van der Waals surface area contributed by atoms with Crippen LogP contribution in [0.2, 0.25) is 0 Å². The van der Waals surface area contributed by atoms with Crippen LogP contribution in [-0.4, -0.2) is 27.8 Å². The van der Waals surface area contributed by atoms with Crippen LogP contribution in [0.15, 0.2) is 28.0 Å². The number of thioether (sulfide) groups is 1. The van der Waals surface area contributed by atoms with Gasteiger partial charge in [0, 0.05) is 11.4 Å². The number of rotatable bonds is 5. The van der Waals surface area contributed by atoms with Crippen LogP contribution >= 0.6 is 11.8 Å². The number of carbonyl (C=O) groups is 1. The molecule has 1 aromatic rings. The molecule has 0 spiro atoms. The van der Waals surface area contributed by atoms with E-state index in [0.717, 1.165) is 23.7 Å². The molecule has 0 unspecified atom stereocenters. The average molecular weight is 344 g/mol. The molecule has 0 saturated heterocycles. The van der Waals surface area contributed by atoms with Crippen molar-refractivity contribution >= 4 is 23.9 Å². The second-order valence-electron chi connectivity index (χ2n) is 7.26. The zero-order chi connectivity index (χ0) is 17.3. The van der Waals surface area contributed by atoms with Crippen LogP contribution in [0.5, 0.6) is 0 Å². The number of nitrogens with zero attached hydrogens (tertiary/aromatic N) is 3. The third kappa shape index (κ3) is 3.53. The van der Waals surface area contributed by atoms with E-state index in [1.807, 2.05) is 26.1 Å². The number of aromatic nitrogens is 2. The Morgan fingerprint density at radius 3 is 2.75 bits per heavy atom. The van der Waals surface area contributed by atoms with E-state index >= 15 is 0 Å². The van der Waals surface area contributed by atoms with Crippen LogP contribution in [0.1, 0.15) is 38.1 Å². The van der Waals surface area contributed by atoms with Gasteiger partial charge in [-0.25, -0.2) is 15.4 Å². The number of hydrazone groups is 1. The van der Waals surface area contributed by atoms with E-state index < -0.39 is 0 Å². The Morgan fingerprint density at radius 2 is 2.12 bits per heavy atom. The largest absolute Gasteiger partial charge is 0.272 e. The van der Waals surface area contributed by atoms with E-state index in [-0.39, 0.29) is 11.7 Å². The Bertz CT molecular complexity index is 691. The van der Waals surface area contributed by atoms with Gasteiger partial charge in [-0.05, 0) is 55.6 Å². The van der Waals surface area contributed by atoms with Crippen LogP contribution in [0.3, 0.4) is 0 Å². The van der Waals surface area contributed by atoms with Crippen molar-refractivity contribution in [2.75, 3.05) is 5.75 Å². The molecule has 2 bridgehead atoms. The summed E-state index contributed by atoms with van der Waals surface area (Å²) in [4.78, 5) is 20.6. The Balaban J connectivity index is 1.48. The van der Waals surface area contributed by atoms with Crippen LogP contribution in [0, 0.1) is 31.1 Å². The first kappa shape index (κ1) is 17.1. The van der Waals surface area contributed by atoms with Gasteiger partial charge in [0.2, 0.25) is 0 Å². The molecule has 128 valence electrons. The number of hydrogen-bond donors (Lipinski definition) is 1. The fraction of sp³-hybridized carbons (Fsp3) is 0.556. The zero-order valence-electron chi connectivity index (χ0n) is 14.7. The van der Waals surface area contributed by atoms with Crippen molar-refractivity contribution in [1.82, 2.24) is 15.4 Å². The van der Waals surface area contributed by atoms with E-state index in [2.05, 4.69) is 40.4 Å². The molecule has 0 aromatic carbocycles.